The number of rotatable bonds is 5. The fraction of sp³-hybridized carbons (Fsp3) is 0. The maximum atomic E-state index is 7.89. The lowest BCUT2D eigenvalue weighted by Crippen LogP contribution is -1.97. The van der Waals surface area contributed by atoms with Gasteiger partial charge in [0, 0.05) is 10.8 Å². The van der Waals surface area contributed by atoms with E-state index in [0.717, 1.165) is 39.0 Å². The van der Waals surface area contributed by atoms with Gasteiger partial charge in [-0.15, -0.1) is 0 Å². The number of hydrogen-bond acceptors (Lipinski definition) is 0. The molecular formula is C51H32N2. The Morgan fingerprint density at radius 1 is 0.340 bits per heavy atom. The first-order chi connectivity index (χ1) is 26.3. The summed E-state index contributed by atoms with van der Waals surface area (Å²) in [6.45, 7) is 7.89. The van der Waals surface area contributed by atoms with Crippen molar-refractivity contribution in [1.29, 1.82) is 0 Å². The molecule has 10 aromatic rings. The number of aromatic nitrogens is 1. The van der Waals surface area contributed by atoms with Gasteiger partial charge < -0.3 is 4.57 Å². The molecule has 1 aromatic heterocycles. The van der Waals surface area contributed by atoms with Gasteiger partial charge in [-0.25, -0.2) is 4.85 Å². The predicted molar refractivity (Wildman–Crippen MR) is 224 cm³/mol. The van der Waals surface area contributed by atoms with E-state index in [1.54, 1.807) is 0 Å². The van der Waals surface area contributed by atoms with Crippen LogP contribution in [0.25, 0.3) is 98.4 Å². The van der Waals surface area contributed by atoms with E-state index >= 15 is 0 Å². The summed E-state index contributed by atoms with van der Waals surface area (Å²) < 4.78 is 2.34. The molecule has 2 nitrogen and oxygen atoms in total. The van der Waals surface area contributed by atoms with E-state index in [4.69, 9.17) is 6.57 Å². The molecule has 1 heterocycles. The minimum atomic E-state index is 0.620. The van der Waals surface area contributed by atoms with E-state index in [9.17, 15) is 0 Å². The van der Waals surface area contributed by atoms with Crippen molar-refractivity contribution in [1.82, 2.24) is 4.57 Å². The Bertz CT molecular complexity index is 2960. The summed E-state index contributed by atoms with van der Waals surface area (Å²) in [4.78, 5) is 3.85. The van der Waals surface area contributed by atoms with Gasteiger partial charge in [0.05, 0.1) is 23.3 Å². The minimum Gasteiger partial charge on any atom is -0.309 e. The van der Waals surface area contributed by atoms with Gasteiger partial charge in [0.2, 0.25) is 0 Å². The van der Waals surface area contributed by atoms with Gasteiger partial charge in [0.1, 0.15) is 0 Å². The first kappa shape index (κ1) is 30.6. The van der Waals surface area contributed by atoms with Crippen molar-refractivity contribution in [3.8, 4) is 50.2 Å². The van der Waals surface area contributed by atoms with E-state index < -0.39 is 0 Å². The monoisotopic (exact) mass is 672 g/mol. The summed E-state index contributed by atoms with van der Waals surface area (Å²) in [5.41, 5.74) is 13.2. The molecule has 0 spiro atoms. The average molecular weight is 673 g/mol. The van der Waals surface area contributed by atoms with Gasteiger partial charge in [0.25, 0.3) is 0 Å². The fourth-order valence-electron chi connectivity index (χ4n) is 8.28. The molecule has 2 heteroatoms. The van der Waals surface area contributed by atoms with Crippen LogP contribution in [0.2, 0.25) is 0 Å². The highest BCUT2D eigenvalue weighted by atomic mass is 15.0. The highest BCUT2D eigenvalue weighted by molar-refractivity contribution is 6.21. The van der Waals surface area contributed by atoms with Crippen molar-refractivity contribution in [2.45, 2.75) is 0 Å². The zero-order valence-corrected chi connectivity index (χ0v) is 28.9. The van der Waals surface area contributed by atoms with E-state index in [1.165, 1.54) is 54.6 Å². The largest absolute Gasteiger partial charge is 0.309 e. The molecule has 0 aliphatic rings. The molecule has 0 aliphatic heterocycles. The Balaban J connectivity index is 1.15. The summed E-state index contributed by atoms with van der Waals surface area (Å²) in [7, 11) is 0. The molecule has 0 saturated heterocycles. The van der Waals surface area contributed by atoms with Crippen molar-refractivity contribution >= 4 is 49.0 Å². The van der Waals surface area contributed by atoms with Crippen LogP contribution in [0.1, 0.15) is 0 Å². The van der Waals surface area contributed by atoms with Crippen LogP contribution in [0.15, 0.2) is 194 Å². The van der Waals surface area contributed by atoms with E-state index in [-0.39, 0.29) is 0 Å². The Morgan fingerprint density at radius 2 is 0.774 bits per heavy atom. The highest BCUT2D eigenvalue weighted by Crippen LogP contribution is 2.45. The number of fused-ring (bicyclic) bond motifs is 5. The van der Waals surface area contributed by atoms with E-state index in [1.807, 2.05) is 12.1 Å². The van der Waals surface area contributed by atoms with Gasteiger partial charge >= 0.3 is 0 Å². The van der Waals surface area contributed by atoms with Crippen LogP contribution < -0.4 is 0 Å². The molecule has 0 amide bonds. The van der Waals surface area contributed by atoms with Crippen LogP contribution >= 0.6 is 0 Å². The van der Waals surface area contributed by atoms with Crippen molar-refractivity contribution in [2.75, 3.05) is 0 Å². The predicted octanol–water partition coefficient (Wildman–Crippen LogP) is 14.3. The highest BCUT2D eigenvalue weighted by Gasteiger charge is 2.18. The van der Waals surface area contributed by atoms with Crippen LogP contribution in [-0.4, -0.2) is 4.57 Å². The quantitative estimate of drug-likeness (QED) is 0.127. The smallest absolute Gasteiger partial charge is 0.188 e. The molecule has 0 bridgehead atoms. The van der Waals surface area contributed by atoms with Gasteiger partial charge in [-0.2, -0.15) is 0 Å². The zero-order chi connectivity index (χ0) is 35.3. The normalized spacial score (nSPS) is 11.4. The first-order valence-electron chi connectivity index (χ1n) is 18.0. The Kier molecular flexibility index (Phi) is 7.23. The van der Waals surface area contributed by atoms with E-state index in [2.05, 4.69) is 191 Å². The summed E-state index contributed by atoms with van der Waals surface area (Å²) in [5, 5.41) is 7.40. The molecule has 0 aliphatic carbocycles. The van der Waals surface area contributed by atoms with Crippen LogP contribution in [0.5, 0.6) is 0 Å². The number of benzene rings is 9. The number of nitrogens with zero attached hydrogens (tertiary/aromatic N) is 2. The van der Waals surface area contributed by atoms with Crippen molar-refractivity contribution in [3.05, 3.63) is 206 Å². The lowest BCUT2D eigenvalue weighted by molar-refractivity contribution is 1.18. The summed E-state index contributed by atoms with van der Waals surface area (Å²) in [6, 6.07) is 69.3. The molecule has 53 heavy (non-hydrogen) atoms. The second kappa shape index (κ2) is 12.5. The molecule has 0 atom stereocenters. The van der Waals surface area contributed by atoms with Crippen molar-refractivity contribution in [2.24, 2.45) is 0 Å². The second-order valence-corrected chi connectivity index (χ2v) is 13.6. The maximum absolute atomic E-state index is 7.89. The minimum absolute atomic E-state index is 0.620. The maximum Gasteiger partial charge on any atom is 0.188 e. The van der Waals surface area contributed by atoms with Crippen molar-refractivity contribution < 1.29 is 0 Å². The molecule has 0 N–H and O–H groups in total. The Labute approximate surface area is 308 Å². The average Bonchev–Trinajstić information content (AvgIpc) is 3.57. The Hall–Kier alpha value is -7.21. The standard InChI is InChI=1S/C51H32N2/c1-52-39-29-30-49(53-47-27-11-9-21-40(47)41-22-10-12-28-48(41)53)46(33-39)37-19-13-17-35(31-37)36-18-14-20-38(32-36)51-44-25-7-5-23-42(44)50(34-15-3-2-4-16-34)43-24-6-8-26-45(43)51/h2-33H. The third-order valence-electron chi connectivity index (χ3n) is 10.6. The van der Waals surface area contributed by atoms with Gasteiger partial charge in [0.15, 0.2) is 5.69 Å². The van der Waals surface area contributed by atoms with Crippen LogP contribution in [0.3, 0.4) is 0 Å². The molecule has 0 radical (unpaired) electrons. The third-order valence-corrected chi connectivity index (χ3v) is 10.6. The van der Waals surface area contributed by atoms with Crippen LogP contribution in [-0.2, 0) is 0 Å². The zero-order valence-electron chi connectivity index (χ0n) is 28.9. The van der Waals surface area contributed by atoms with Gasteiger partial charge in [-0.05, 0) is 102 Å². The molecular weight excluding hydrogens is 641 g/mol. The molecule has 9 aromatic carbocycles. The summed E-state index contributed by atoms with van der Waals surface area (Å²) >= 11 is 0. The van der Waals surface area contributed by atoms with Gasteiger partial charge in [-0.3, -0.25) is 0 Å². The Morgan fingerprint density at radius 3 is 1.34 bits per heavy atom. The van der Waals surface area contributed by atoms with E-state index in [0.29, 0.717) is 5.69 Å². The lowest BCUT2D eigenvalue weighted by atomic mass is 9.85. The third kappa shape index (κ3) is 5.02. The lowest BCUT2D eigenvalue weighted by Gasteiger charge is -2.18. The SMILES string of the molecule is [C-]#[N+]c1ccc(-n2c3ccccc3c3ccccc32)c(-c2cccc(-c3cccc(-c4c5ccccc5c(-c5ccccc5)c5ccccc45)c3)c2)c1. The fourth-order valence-corrected chi connectivity index (χ4v) is 8.28. The second-order valence-electron chi connectivity index (χ2n) is 13.6. The topological polar surface area (TPSA) is 9.29 Å². The molecule has 0 saturated carbocycles. The number of hydrogen-bond donors (Lipinski definition) is 0. The number of para-hydroxylation sites is 2. The van der Waals surface area contributed by atoms with Crippen LogP contribution in [0.4, 0.5) is 5.69 Å². The molecule has 0 unspecified atom stereocenters. The van der Waals surface area contributed by atoms with Gasteiger partial charge in [-0.1, -0.05) is 158 Å². The van der Waals surface area contributed by atoms with Crippen molar-refractivity contribution in [3.63, 3.8) is 0 Å². The van der Waals surface area contributed by atoms with Crippen LogP contribution in [0, 0.1) is 6.57 Å². The summed E-state index contributed by atoms with van der Waals surface area (Å²) in [5.74, 6) is 0. The molecule has 0 fully saturated rings. The molecule has 10 rings (SSSR count). The molecule has 246 valence electrons. The first-order valence-corrected chi connectivity index (χ1v) is 18.0. The summed E-state index contributed by atoms with van der Waals surface area (Å²) in [6.07, 6.45) is 0.